The normalized spacial score (nSPS) is 23.8. The lowest BCUT2D eigenvalue weighted by Gasteiger charge is -2.30. The Morgan fingerprint density at radius 2 is 1.76 bits per heavy atom. The predicted octanol–water partition coefficient (Wildman–Crippen LogP) is 0.987. The quantitative estimate of drug-likeness (QED) is 0.576. The zero-order chi connectivity index (χ0) is 13.4. The second-order valence-electron chi connectivity index (χ2n) is 3.65. The van der Waals surface area contributed by atoms with Gasteiger partial charge in [0.2, 0.25) is 0 Å². The average molecular weight is 254 g/mol. The molecule has 1 unspecified atom stereocenters. The molecule has 2 N–H and O–H groups in total. The summed E-state index contributed by atoms with van der Waals surface area (Å²) in [5.41, 5.74) is -2.30. The first kappa shape index (κ1) is 13.2. The summed E-state index contributed by atoms with van der Waals surface area (Å²) in [5.74, 6) is -3.43. The van der Waals surface area contributed by atoms with Crippen LogP contribution in [0, 0.1) is 5.41 Å². The highest BCUT2D eigenvalue weighted by molar-refractivity contribution is 7.81. The highest BCUT2D eigenvalue weighted by Gasteiger charge is 2.51. The Kier molecular flexibility index (Phi) is 3.28. The maximum atomic E-state index is 11.6. The summed E-state index contributed by atoms with van der Waals surface area (Å²) in [6, 6.07) is 0. The SMILES string of the molecule is CC(=O)C1(C(=O)O)C(=S)C=CC(C(=O)O)=C1C. The van der Waals surface area contributed by atoms with Crippen LogP contribution in [0.1, 0.15) is 13.8 Å². The van der Waals surface area contributed by atoms with Crippen molar-refractivity contribution in [2.45, 2.75) is 13.8 Å². The van der Waals surface area contributed by atoms with Crippen LogP contribution < -0.4 is 0 Å². The van der Waals surface area contributed by atoms with E-state index >= 15 is 0 Å². The monoisotopic (exact) mass is 254 g/mol. The van der Waals surface area contributed by atoms with E-state index in [0.717, 1.165) is 6.92 Å². The minimum absolute atomic E-state index is 0.0579. The molecule has 6 heteroatoms. The summed E-state index contributed by atoms with van der Waals surface area (Å²) < 4.78 is 0. The van der Waals surface area contributed by atoms with Crippen LogP contribution in [0.3, 0.4) is 0 Å². The molecule has 5 nitrogen and oxygen atoms in total. The largest absolute Gasteiger partial charge is 0.480 e. The van der Waals surface area contributed by atoms with Gasteiger partial charge in [0.15, 0.2) is 11.2 Å². The summed E-state index contributed by atoms with van der Waals surface area (Å²) in [5, 5.41) is 18.2. The van der Waals surface area contributed by atoms with E-state index in [1.54, 1.807) is 0 Å². The Hall–Kier alpha value is -1.82. The molecule has 1 atom stereocenters. The number of rotatable bonds is 3. The van der Waals surface area contributed by atoms with Gasteiger partial charge < -0.3 is 10.2 Å². The standard InChI is InChI=1S/C11H10O5S/c1-5-7(9(13)14)3-4-8(17)11(5,6(2)12)10(15)16/h3-4H,1-2H3,(H,13,14)(H,15,16). The summed E-state index contributed by atoms with van der Waals surface area (Å²) >= 11 is 4.89. The number of allylic oxidation sites excluding steroid dienone is 1. The van der Waals surface area contributed by atoms with Crippen LogP contribution in [-0.2, 0) is 14.4 Å². The molecular weight excluding hydrogens is 244 g/mol. The van der Waals surface area contributed by atoms with Gasteiger partial charge in [0, 0.05) is 4.86 Å². The lowest BCUT2D eigenvalue weighted by atomic mass is 9.70. The Balaban J connectivity index is 3.64. The molecule has 0 amide bonds. The van der Waals surface area contributed by atoms with Gasteiger partial charge in [0.25, 0.3) is 0 Å². The summed E-state index contributed by atoms with van der Waals surface area (Å²) in [4.78, 5) is 33.8. The van der Waals surface area contributed by atoms with E-state index in [9.17, 15) is 19.5 Å². The highest BCUT2D eigenvalue weighted by Crippen LogP contribution is 2.37. The van der Waals surface area contributed by atoms with Crippen LogP contribution >= 0.6 is 12.2 Å². The van der Waals surface area contributed by atoms with E-state index in [0.29, 0.717) is 0 Å². The molecule has 90 valence electrons. The lowest BCUT2D eigenvalue weighted by Crippen LogP contribution is -2.47. The summed E-state index contributed by atoms with van der Waals surface area (Å²) in [7, 11) is 0. The van der Waals surface area contributed by atoms with Crippen molar-refractivity contribution in [3.05, 3.63) is 23.3 Å². The van der Waals surface area contributed by atoms with Gasteiger partial charge in [-0.3, -0.25) is 9.59 Å². The van der Waals surface area contributed by atoms with E-state index in [-0.39, 0.29) is 16.0 Å². The first-order valence-electron chi connectivity index (χ1n) is 4.67. The maximum absolute atomic E-state index is 11.6. The second-order valence-corrected chi connectivity index (χ2v) is 4.09. The van der Waals surface area contributed by atoms with Crippen LogP contribution in [0.2, 0.25) is 0 Å². The Bertz CT molecular complexity index is 484. The minimum atomic E-state index is -2.03. The van der Waals surface area contributed by atoms with Crippen molar-refractivity contribution in [1.82, 2.24) is 0 Å². The smallest absolute Gasteiger partial charge is 0.335 e. The van der Waals surface area contributed by atoms with Crippen LogP contribution in [-0.4, -0.2) is 32.8 Å². The Morgan fingerprint density at radius 3 is 2.12 bits per heavy atom. The molecule has 17 heavy (non-hydrogen) atoms. The van der Waals surface area contributed by atoms with E-state index in [1.807, 2.05) is 0 Å². The number of thiocarbonyl (C=S) groups is 1. The van der Waals surface area contributed by atoms with Crippen LogP contribution in [0.25, 0.3) is 0 Å². The predicted molar refractivity (Wildman–Crippen MR) is 62.8 cm³/mol. The van der Waals surface area contributed by atoms with Crippen molar-refractivity contribution in [2.75, 3.05) is 0 Å². The number of carbonyl (C=O) groups excluding carboxylic acids is 1. The van der Waals surface area contributed by atoms with Gasteiger partial charge >= 0.3 is 11.9 Å². The fourth-order valence-electron chi connectivity index (χ4n) is 1.88. The second kappa shape index (κ2) is 4.21. The number of aliphatic carboxylic acids is 2. The maximum Gasteiger partial charge on any atom is 0.335 e. The zero-order valence-electron chi connectivity index (χ0n) is 9.18. The third-order valence-electron chi connectivity index (χ3n) is 2.82. The van der Waals surface area contributed by atoms with Crippen molar-refractivity contribution < 1.29 is 24.6 Å². The summed E-state index contributed by atoms with van der Waals surface area (Å²) in [6.45, 7) is 2.39. The molecule has 1 rings (SSSR count). The van der Waals surface area contributed by atoms with Crippen LogP contribution in [0.5, 0.6) is 0 Å². The van der Waals surface area contributed by atoms with Gasteiger partial charge in [0.1, 0.15) is 0 Å². The van der Waals surface area contributed by atoms with Crippen molar-refractivity contribution in [1.29, 1.82) is 0 Å². The number of ketones is 1. The molecule has 0 saturated carbocycles. The number of hydrogen-bond acceptors (Lipinski definition) is 4. The van der Waals surface area contributed by atoms with Crippen LogP contribution in [0.15, 0.2) is 23.3 Å². The van der Waals surface area contributed by atoms with Gasteiger partial charge in [-0.05, 0) is 31.6 Å². The highest BCUT2D eigenvalue weighted by atomic mass is 32.1. The van der Waals surface area contributed by atoms with Crippen molar-refractivity contribution in [2.24, 2.45) is 5.41 Å². The molecule has 1 aliphatic rings. The molecule has 0 spiro atoms. The van der Waals surface area contributed by atoms with E-state index in [1.165, 1.54) is 19.1 Å². The third kappa shape index (κ3) is 1.70. The van der Waals surface area contributed by atoms with E-state index in [4.69, 9.17) is 17.3 Å². The fraction of sp³-hybridized carbons (Fsp3) is 0.273. The first-order chi connectivity index (χ1) is 7.76. The van der Waals surface area contributed by atoms with Crippen LogP contribution in [0.4, 0.5) is 0 Å². The number of carbonyl (C=O) groups is 3. The fourth-order valence-corrected chi connectivity index (χ4v) is 2.33. The van der Waals surface area contributed by atoms with E-state index < -0.39 is 23.1 Å². The number of Topliss-reactive ketones (excluding diaryl/α,β-unsaturated/α-hetero) is 1. The van der Waals surface area contributed by atoms with Gasteiger partial charge in [-0.25, -0.2) is 4.79 Å². The number of carboxylic acids is 2. The average Bonchev–Trinajstić information content (AvgIpc) is 2.16. The molecule has 0 aromatic rings. The third-order valence-corrected chi connectivity index (χ3v) is 3.26. The minimum Gasteiger partial charge on any atom is -0.480 e. The molecule has 0 radical (unpaired) electrons. The molecule has 1 aliphatic carbocycles. The zero-order valence-corrected chi connectivity index (χ0v) is 10.00. The molecule has 0 saturated heterocycles. The van der Waals surface area contributed by atoms with Gasteiger partial charge in [0.05, 0.1) is 5.57 Å². The van der Waals surface area contributed by atoms with Gasteiger partial charge in [-0.1, -0.05) is 12.2 Å². The van der Waals surface area contributed by atoms with Crippen molar-refractivity contribution in [3.8, 4) is 0 Å². The Morgan fingerprint density at radius 1 is 1.24 bits per heavy atom. The van der Waals surface area contributed by atoms with Crippen molar-refractivity contribution >= 4 is 34.8 Å². The Labute approximate surface area is 102 Å². The van der Waals surface area contributed by atoms with Crippen molar-refractivity contribution in [3.63, 3.8) is 0 Å². The number of carboxylic acid groups (broad SMARTS) is 2. The molecule has 0 bridgehead atoms. The topological polar surface area (TPSA) is 91.7 Å². The molecular formula is C11H10O5S. The number of hydrogen-bond donors (Lipinski definition) is 2. The molecule has 0 heterocycles. The molecule has 0 fully saturated rings. The molecule has 0 aliphatic heterocycles. The molecule has 0 aromatic carbocycles. The summed E-state index contributed by atoms with van der Waals surface area (Å²) in [6.07, 6.45) is 2.39. The van der Waals surface area contributed by atoms with Gasteiger partial charge in [-0.15, -0.1) is 0 Å². The van der Waals surface area contributed by atoms with Gasteiger partial charge in [-0.2, -0.15) is 0 Å². The lowest BCUT2D eigenvalue weighted by molar-refractivity contribution is -0.147. The van der Waals surface area contributed by atoms with E-state index in [2.05, 4.69) is 0 Å². The first-order valence-corrected chi connectivity index (χ1v) is 5.08. The molecule has 0 aromatic heterocycles.